The summed E-state index contributed by atoms with van der Waals surface area (Å²) in [4.78, 5) is 34.5. The normalized spacial score (nSPS) is 30.0. The molecule has 0 bridgehead atoms. The summed E-state index contributed by atoms with van der Waals surface area (Å²) < 4.78 is 1.02. The van der Waals surface area contributed by atoms with Crippen LogP contribution in [0.2, 0.25) is 0 Å². The minimum absolute atomic E-state index is 0.00155. The van der Waals surface area contributed by atoms with Gasteiger partial charge in [0, 0.05) is 29.0 Å². The number of halogens is 1. The van der Waals surface area contributed by atoms with Gasteiger partial charge >= 0.3 is 0 Å². The molecule has 4 heterocycles. The maximum atomic E-state index is 13.3. The second-order valence-electron chi connectivity index (χ2n) is 7.61. The molecule has 3 fully saturated rings. The van der Waals surface area contributed by atoms with Gasteiger partial charge in [-0.2, -0.15) is 0 Å². The summed E-state index contributed by atoms with van der Waals surface area (Å²) in [5.41, 5.74) is 2.07. The molecule has 5 rings (SSSR count). The minimum Gasteiger partial charge on any atom is -0.292 e. The van der Waals surface area contributed by atoms with Gasteiger partial charge in [-0.05, 0) is 54.8 Å². The Morgan fingerprint density at radius 2 is 1.70 bits per heavy atom. The van der Waals surface area contributed by atoms with Crippen LogP contribution in [-0.2, 0) is 16.1 Å². The van der Waals surface area contributed by atoms with Crippen LogP contribution in [-0.4, -0.2) is 39.2 Å². The Bertz CT molecular complexity index is 886. The van der Waals surface area contributed by atoms with Crippen molar-refractivity contribution in [2.24, 2.45) is 11.8 Å². The zero-order valence-corrected chi connectivity index (χ0v) is 16.4. The monoisotopic (exact) mass is 425 g/mol. The van der Waals surface area contributed by atoms with Gasteiger partial charge in [-0.25, -0.2) is 0 Å². The lowest BCUT2D eigenvalue weighted by atomic mass is 9.85. The van der Waals surface area contributed by atoms with Crippen molar-refractivity contribution in [3.63, 3.8) is 0 Å². The Morgan fingerprint density at radius 1 is 1.00 bits per heavy atom. The smallest absolute Gasteiger partial charge is 0.235 e. The fraction of sp³-hybridized carbons (Fsp3) is 0.381. The summed E-state index contributed by atoms with van der Waals surface area (Å²) in [5.74, 6) is -0.510. The van der Waals surface area contributed by atoms with E-state index in [1.54, 1.807) is 12.4 Å². The molecule has 138 valence electrons. The number of imide groups is 1. The molecule has 0 spiro atoms. The number of carbonyl (C=O) groups is 2. The highest BCUT2D eigenvalue weighted by Crippen LogP contribution is 2.53. The van der Waals surface area contributed by atoms with Crippen LogP contribution in [0, 0.1) is 11.8 Å². The number of nitrogens with zero attached hydrogens (tertiary/aromatic N) is 3. The highest BCUT2D eigenvalue weighted by Gasteiger charge is 2.62. The highest BCUT2D eigenvalue weighted by atomic mass is 79.9. The number of hydrogen-bond acceptors (Lipinski definition) is 4. The van der Waals surface area contributed by atoms with Crippen LogP contribution in [0.25, 0.3) is 0 Å². The molecule has 1 aromatic heterocycles. The van der Waals surface area contributed by atoms with Crippen LogP contribution in [0.15, 0.2) is 53.3 Å². The van der Waals surface area contributed by atoms with E-state index in [9.17, 15) is 9.59 Å². The van der Waals surface area contributed by atoms with Gasteiger partial charge in [0.25, 0.3) is 0 Å². The first-order valence-electron chi connectivity index (χ1n) is 9.40. The maximum Gasteiger partial charge on any atom is 0.235 e. The number of amides is 2. The molecular weight excluding hydrogens is 406 g/mol. The van der Waals surface area contributed by atoms with Gasteiger partial charge in [0.15, 0.2) is 0 Å². The van der Waals surface area contributed by atoms with Crippen molar-refractivity contribution in [2.45, 2.75) is 31.5 Å². The highest BCUT2D eigenvalue weighted by molar-refractivity contribution is 9.10. The van der Waals surface area contributed by atoms with E-state index in [1.807, 2.05) is 24.3 Å². The number of aromatic nitrogens is 1. The molecule has 1 aromatic carbocycles. The lowest BCUT2D eigenvalue weighted by Gasteiger charge is -2.28. The third-order valence-electron chi connectivity index (χ3n) is 6.25. The van der Waals surface area contributed by atoms with Gasteiger partial charge in [0.05, 0.1) is 18.4 Å². The average Bonchev–Trinajstić information content (AvgIpc) is 3.32. The van der Waals surface area contributed by atoms with Gasteiger partial charge in [-0.1, -0.05) is 28.1 Å². The predicted molar refractivity (Wildman–Crippen MR) is 103 cm³/mol. The number of rotatable bonds is 3. The third-order valence-corrected chi connectivity index (χ3v) is 6.77. The van der Waals surface area contributed by atoms with E-state index in [1.165, 1.54) is 4.90 Å². The van der Waals surface area contributed by atoms with E-state index in [0.29, 0.717) is 6.54 Å². The Labute approximate surface area is 166 Å². The van der Waals surface area contributed by atoms with Crippen molar-refractivity contribution >= 4 is 27.7 Å². The number of carbonyl (C=O) groups excluding carboxylic acids is 2. The summed E-state index contributed by atoms with van der Waals surface area (Å²) in [6.07, 6.45) is 5.48. The minimum atomic E-state index is -0.272. The fourth-order valence-corrected chi connectivity index (χ4v) is 5.41. The Hall–Kier alpha value is -2.05. The van der Waals surface area contributed by atoms with Gasteiger partial charge in [0.1, 0.15) is 0 Å². The van der Waals surface area contributed by atoms with Crippen LogP contribution in [0.5, 0.6) is 0 Å². The molecule has 0 saturated carbocycles. The van der Waals surface area contributed by atoms with E-state index in [0.717, 1.165) is 35.0 Å². The molecular formula is C21H20BrN3O2. The maximum absolute atomic E-state index is 13.3. The molecule has 6 heteroatoms. The molecule has 3 saturated heterocycles. The zero-order chi connectivity index (χ0) is 18.5. The summed E-state index contributed by atoms with van der Waals surface area (Å²) in [5, 5.41) is 0. The van der Waals surface area contributed by atoms with Crippen molar-refractivity contribution in [3.05, 3.63) is 64.4 Å². The molecule has 3 aliphatic rings. The van der Waals surface area contributed by atoms with Gasteiger partial charge in [0.2, 0.25) is 11.8 Å². The quantitative estimate of drug-likeness (QED) is 0.708. The van der Waals surface area contributed by atoms with Crippen molar-refractivity contribution < 1.29 is 9.59 Å². The lowest BCUT2D eigenvalue weighted by Crippen LogP contribution is -2.38. The fourth-order valence-electron chi connectivity index (χ4n) is 5.15. The van der Waals surface area contributed by atoms with Crippen molar-refractivity contribution in [2.75, 3.05) is 6.54 Å². The largest absolute Gasteiger partial charge is 0.292 e. The molecule has 2 aromatic rings. The van der Waals surface area contributed by atoms with E-state index in [2.05, 4.69) is 37.9 Å². The first-order chi connectivity index (χ1) is 13.1. The van der Waals surface area contributed by atoms with E-state index in [-0.39, 0.29) is 35.7 Å². The van der Waals surface area contributed by atoms with Crippen molar-refractivity contribution in [1.29, 1.82) is 0 Å². The van der Waals surface area contributed by atoms with Crippen LogP contribution in [0.3, 0.4) is 0 Å². The molecule has 4 atom stereocenters. The number of pyridine rings is 1. The predicted octanol–water partition coefficient (Wildman–Crippen LogP) is 3.16. The summed E-state index contributed by atoms with van der Waals surface area (Å²) in [6, 6.07) is 12.1. The van der Waals surface area contributed by atoms with Gasteiger partial charge < -0.3 is 0 Å². The summed E-state index contributed by atoms with van der Waals surface area (Å²) >= 11 is 3.49. The molecule has 3 aliphatic heterocycles. The van der Waals surface area contributed by atoms with E-state index in [4.69, 9.17) is 0 Å². The van der Waals surface area contributed by atoms with Crippen LogP contribution in [0.4, 0.5) is 0 Å². The molecule has 0 radical (unpaired) electrons. The Morgan fingerprint density at radius 3 is 2.44 bits per heavy atom. The lowest BCUT2D eigenvalue weighted by molar-refractivity contribution is -0.142. The van der Waals surface area contributed by atoms with Crippen LogP contribution >= 0.6 is 15.9 Å². The van der Waals surface area contributed by atoms with Gasteiger partial charge in [-0.3, -0.25) is 24.4 Å². The topological polar surface area (TPSA) is 53.5 Å². The first kappa shape index (κ1) is 17.1. The SMILES string of the molecule is O=C1[C@@H]2[C@H](C(=O)N1Cc1ccncc1)[C@H](c1ccc(Br)cc1)N1CCC[C@@H]21. The number of benzene rings is 1. The standard InChI is InChI=1S/C21H20BrN3O2/c22-15-5-3-14(4-6-15)19-18-17(16-2-1-11-24(16)19)20(26)25(21(18)27)12-13-7-9-23-10-8-13/h3-10,16-19H,1-2,11-12H2/t16-,17-,18-,19-/m0/s1. The second kappa shape index (κ2) is 6.53. The molecule has 0 aliphatic carbocycles. The Balaban J connectivity index is 1.51. The summed E-state index contributed by atoms with van der Waals surface area (Å²) in [6.45, 7) is 1.30. The number of hydrogen-bond donors (Lipinski definition) is 0. The molecule has 0 N–H and O–H groups in total. The average molecular weight is 426 g/mol. The number of fused-ring (bicyclic) bond motifs is 3. The van der Waals surface area contributed by atoms with Crippen LogP contribution in [0.1, 0.15) is 30.0 Å². The number of likely N-dealkylation sites (tertiary alicyclic amines) is 1. The van der Waals surface area contributed by atoms with Crippen molar-refractivity contribution in [1.82, 2.24) is 14.8 Å². The molecule has 27 heavy (non-hydrogen) atoms. The summed E-state index contributed by atoms with van der Waals surface area (Å²) in [7, 11) is 0. The molecule has 0 unspecified atom stereocenters. The van der Waals surface area contributed by atoms with Crippen LogP contribution < -0.4 is 0 Å². The molecule has 5 nitrogen and oxygen atoms in total. The van der Waals surface area contributed by atoms with E-state index >= 15 is 0 Å². The van der Waals surface area contributed by atoms with Crippen molar-refractivity contribution in [3.8, 4) is 0 Å². The zero-order valence-electron chi connectivity index (χ0n) is 14.8. The second-order valence-corrected chi connectivity index (χ2v) is 8.53. The third kappa shape index (κ3) is 2.65. The Kier molecular flexibility index (Phi) is 4.13. The first-order valence-corrected chi connectivity index (χ1v) is 10.2. The molecule has 2 amide bonds. The van der Waals surface area contributed by atoms with Gasteiger partial charge in [-0.15, -0.1) is 0 Å². The van der Waals surface area contributed by atoms with E-state index < -0.39 is 0 Å².